The monoisotopic (exact) mass is 360 g/mol. The Balaban J connectivity index is 2.21. The zero-order chi connectivity index (χ0) is 16.1. The molecule has 0 radical (unpaired) electrons. The van der Waals surface area contributed by atoms with Crippen molar-refractivity contribution in [2.45, 2.75) is 0 Å². The summed E-state index contributed by atoms with van der Waals surface area (Å²) in [5.74, 6) is -0.951. The maximum absolute atomic E-state index is 12.8. The number of carbonyl (C=O) groups is 1. The lowest BCUT2D eigenvalue weighted by molar-refractivity contribution is -0.112. The Hall–Kier alpha value is -2.65. The predicted molar refractivity (Wildman–Crippen MR) is 84.4 cm³/mol. The summed E-state index contributed by atoms with van der Waals surface area (Å²) in [6, 6.07) is 11.6. The van der Waals surface area contributed by atoms with E-state index in [9.17, 15) is 14.3 Å². The molecule has 0 spiro atoms. The molecule has 0 bridgehead atoms. The number of amides is 1. The van der Waals surface area contributed by atoms with E-state index >= 15 is 0 Å². The average molecular weight is 361 g/mol. The Morgan fingerprint density at radius 1 is 1.27 bits per heavy atom. The molecule has 4 nitrogen and oxygen atoms in total. The number of carbonyl (C=O) groups excluding carboxylic acids is 1. The van der Waals surface area contributed by atoms with Crippen LogP contribution in [0.3, 0.4) is 0 Å². The minimum absolute atomic E-state index is 0.0615. The molecule has 0 aliphatic heterocycles. The van der Waals surface area contributed by atoms with Crippen LogP contribution < -0.4 is 5.32 Å². The van der Waals surface area contributed by atoms with Crippen LogP contribution >= 0.6 is 15.9 Å². The fraction of sp³-hybridized carbons (Fsp3) is 0. The highest BCUT2D eigenvalue weighted by Crippen LogP contribution is 2.25. The zero-order valence-corrected chi connectivity index (χ0v) is 12.8. The van der Waals surface area contributed by atoms with Crippen LogP contribution in [-0.4, -0.2) is 11.0 Å². The van der Waals surface area contributed by atoms with Crippen molar-refractivity contribution in [3.63, 3.8) is 0 Å². The number of nitrogens with one attached hydrogen (secondary N) is 1. The van der Waals surface area contributed by atoms with Crippen molar-refractivity contribution >= 4 is 33.6 Å². The van der Waals surface area contributed by atoms with Crippen molar-refractivity contribution in [1.82, 2.24) is 0 Å². The molecule has 2 aromatic rings. The highest BCUT2D eigenvalue weighted by Gasteiger charge is 2.10. The summed E-state index contributed by atoms with van der Waals surface area (Å²) >= 11 is 3.16. The van der Waals surface area contributed by atoms with Crippen molar-refractivity contribution in [3.05, 3.63) is 63.9 Å². The van der Waals surface area contributed by atoms with E-state index < -0.39 is 11.7 Å². The fourth-order valence-corrected chi connectivity index (χ4v) is 2.06. The van der Waals surface area contributed by atoms with Gasteiger partial charge in [-0.15, -0.1) is 0 Å². The number of aromatic hydroxyl groups is 1. The lowest BCUT2D eigenvalue weighted by Crippen LogP contribution is -2.13. The van der Waals surface area contributed by atoms with Gasteiger partial charge in [-0.05, 0) is 64.0 Å². The normalized spacial score (nSPS) is 10.9. The van der Waals surface area contributed by atoms with Crippen LogP contribution in [0.1, 0.15) is 5.56 Å². The first-order valence-electron chi connectivity index (χ1n) is 6.17. The highest BCUT2D eigenvalue weighted by molar-refractivity contribution is 9.10. The van der Waals surface area contributed by atoms with Gasteiger partial charge < -0.3 is 10.4 Å². The van der Waals surface area contributed by atoms with Crippen LogP contribution in [0, 0.1) is 17.1 Å². The molecule has 0 aliphatic carbocycles. The van der Waals surface area contributed by atoms with Gasteiger partial charge in [-0.25, -0.2) is 4.39 Å². The van der Waals surface area contributed by atoms with Crippen LogP contribution in [0.4, 0.5) is 10.1 Å². The molecule has 6 heteroatoms. The third kappa shape index (κ3) is 3.93. The van der Waals surface area contributed by atoms with Gasteiger partial charge in [-0.1, -0.05) is 6.07 Å². The van der Waals surface area contributed by atoms with Crippen LogP contribution in [0.25, 0.3) is 6.08 Å². The van der Waals surface area contributed by atoms with Crippen molar-refractivity contribution in [1.29, 1.82) is 5.26 Å². The Morgan fingerprint density at radius 2 is 1.95 bits per heavy atom. The quantitative estimate of drug-likeness (QED) is 0.645. The molecule has 0 aromatic heterocycles. The second-order valence-electron chi connectivity index (χ2n) is 4.34. The molecule has 0 fully saturated rings. The number of nitriles is 1. The maximum Gasteiger partial charge on any atom is 0.266 e. The molecule has 0 saturated carbocycles. The van der Waals surface area contributed by atoms with Gasteiger partial charge in [0.15, 0.2) is 0 Å². The van der Waals surface area contributed by atoms with Gasteiger partial charge in [0, 0.05) is 5.69 Å². The molecule has 22 heavy (non-hydrogen) atoms. The van der Waals surface area contributed by atoms with Crippen molar-refractivity contribution in [2.24, 2.45) is 0 Å². The number of benzene rings is 2. The molecule has 0 unspecified atom stereocenters. The van der Waals surface area contributed by atoms with Crippen LogP contribution in [0.2, 0.25) is 0 Å². The van der Waals surface area contributed by atoms with Gasteiger partial charge >= 0.3 is 0 Å². The number of phenols is 1. The minimum Gasteiger partial charge on any atom is -0.507 e. The molecule has 0 aliphatic rings. The Kier molecular flexibility index (Phi) is 4.92. The summed E-state index contributed by atoms with van der Waals surface area (Å²) in [5.41, 5.74) is 0.858. The Morgan fingerprint density at radius 3 is 2.55 bits per heavy atom. The fourth-order valence-electron chi connectivity index (χ4n) is 1.66. The summed E-state index contributed by atoms with van der Waals surface area (Å²) in [6.45, 7) is 0. The Labute approximate surface area is 134 Å². The van der Waals surface area contributed by atoms with Crippen molar-refractivity contribution in [2.75, 3.05) is 5.32 Å². The number of halogens is 2. The van der Waals surface area contributed by atoms with E-state index in [0.29, 0.717) is 15.7 Å². The number of anilines is 1. The lowest BCUT2D eigenvalue weighted by Gasteiger charge is -2.04. The smallest absolute Gasteiger partial charge is 0.266 e. The Bertz CT molecular complexity index is 780. The number of hydrogen-bond donors (Lipinski definition) is 2. The summed E-state index contributed by atoms with van der Waals surface area (Å²) in [5, 5.41) is 21.0. The largest absolute Gasteiger partial charge is 0.507 e. The van der Waals surface area contributed by atoms with Gasteiger partial charge in [0.25, 0.3) is 5.91 Å². The molecule has 2 N–H and O–H groups in total. The molecule has 0 saturated heterocycles. The summed E-state index contributed by atoms with van der Waals surface area (Å²) in [7, 11) is 0. The third-order valence-corrected chi connectivity index (χ3v) is 3.39. The van der Waals surface area contributed by atoms with E-state index in [2.05, 4.69) is 21.2 Å². The molecule has 1 amide bonds. The van der Waals surface area contributed by atoms with Crippen LogP contribution in [0.5, 0.6) is 5.75 Å². The molecule has 2 aromatic carbocycles. The van der Waals surface area contributed by atoms with E-state index in [-0.39, 0.29) is 11.3 Å². The second-order valence-corrected chi connectivity index (χ2v) is 5.20. The van der Waals surface area contributed by atoms with Crippen LogP contribution in [-0.2, 0) is 4.79 Å². The van der Waals surface area contributed by atoms with E-state index in [1.54, 1.807) is 12.1 Å². The van der Waals surface area contributed by atoms with Gasteiger partial charge in [0.1, 0.15) is 23.2 Å². The number of rotatable bonds is 3. The molecular weight excluding hydrogens is 351 g/mol. The molecule has 0 heterocycles. The standard InChI is InChI=1S/C16H10BrFN2O2/c17-14-8-10(1-6-15(14)21)7-11(9-19)16(22)20-13-4-2-12(18)3-5-13/h1-8,21H,(H,20,22)/b11-7-. The highest BCUT2D eigenvalue weighted by atomic mass is 79.9. The average Bonchev–Trinajstić information content (AvgIpc) is 2.50. The molecule has 2 rings (SSSR count). The summed E-state index contributed by atoms with van der Waals surface area (Å²) < 4.78 is 13.3. The van der Waals surface area contributed by atoms with Gasteiger partial charge in [0.2, 0.25) is 0 Å². The van der Waals surface area contributed by atoms with Gasteiger partial charge in [-0.2, -0.15) is 5.26 Å². The van der Waals surface area contributed by atoms with Crippen LogP contribution in [0.15, 0.2) is 52.5 Å². The summed E-state index contributed by atoms with van der Waals surface area (Å²) in [6.07, 6.45) is 1.39. The first-order valence-corrected chi connectivity index (χ1v) is 6.96. The molecule has 110 valence electrons. The zero-order valence-electron chi connectivity index (χ0n) is 11.2. The minimum atomic E-state index is -0.599. The number of phenolic OH excluding ortho intramolecular Hbond substituents is 1. The first-order chi connectivity index (χ1) is 10.5. The van der Waals surface area contributed by atoms with Crippen molar-refractivity contribution in [3.8, 4) is 11.8 Å². The lowest BCUT2D eigenvalue weighted by atomic mass is 10.1. The second kappa shape index (κ2) is 6.87. The predicted octanol–water partition coefficient (Wildman–Crippen LogP) is 3.84. The topological polar surface area (TPSA) is 73.1 Å². The number of hydrogen-bond acceptors (Lipinski definition) is 3. The summed E-state index contributed by atoms with van der Waals surface area (Å²) in [4.78, 5) is 12.0. The van der Waals surface area contributed by atoms with Crippen molar-refractivity contribution < 1.29 is 14.3 Å². The van der Waals surface area contributed by atoms with E-state index in [0.717, 1.165) is 0 Å². The third-order valence-electron chi connectivity index (χ3n) is 2.75. The van der Waals surface area contributed by atoms with Gasteiger partial charge in [-0.3, -0.25) is 4.79 Å². The number of nitrogens with zero attached hydrogens (tertiary/aromatic N) is 1. The molecule has 0 atom stereocenters. The van der Waals surface area contributed by atoms with E-state index in [1.807, 2.05) is 6.07 Å². The van der Waals surface area contributed by atoms with Gasteiger partial charge in [0.05, 0.1) is 4.47 Å². The SMILES string of the molecule is N#C/C(=C/c1ccc(O)c(Br)c1)C(=O)Nc1ccc(F)cc1. The first kappa shape index (κ1) is 15.7. The maximum atomic E-state index is 12.8. The van der Waals surface area contributed by atoms with E-state index in [4.69, 9.17) is 5.26 Å². The molecular formula is C16H10BrFN2O2. The van der Waals surface area contributed by atoms with E-state index in [1.165, 1.54) is 36.4 Å².